The van der Waals surface area contributed by atoms with E-state index in [4.69, 9.17) is 9.72 Å². The van der Waals surface area contributed by atoms with Gasteiger partial charge in [-0.3, -0.25) is 19.3 Å². The average molecular weight is 966 g/mol. The van der Waals surface area contributed by atoms with Crippen LogP contribution in [0.1, 0.15) is 39.6 Å². The minimum absolute atomic E-state index is 0.00594. The summed E-state index contributed by atoms with van der Waals surface area (Å²) in [5.41, 5.74) is 3.38. The summed E-state index contributed by atoms with van der Waals surface area (Å²) in [5.74, 6) is -2.20. The van der Waals surface area contributed by atoms with Gasteiger partial charge in [0.1, 0.15) is 40.6 Å². The summed E-state index contributed by atoms with van der Waals surface area (Å²) in [4.78, 5) is 64.9. The molecule has 3 N–H and O–H groups in total. The van der Waals surface area contributed by atoms with Gasteiger partial charge in [-0.15, -0.1) is 27.8 Å². The summed E-state index contributed by atoms with van der Waals surface area (Å²) in [6.07, 6.45) is 3.09. The van der Waals surface area contributed by atoms with Gasteiger partial charge in [-0.2, -0.15) is 13.5 Å². The second kappa shape index (κ2) is 20.5. The van der Waals surface area contributed by atoms with Crippen molar-refractivity contribution < 1.29 is 42.2 Å². The Kier molecular flexibility index (Phi) is 13.7. The summed E-state index contributed by atoms with van der Waals surface area (Å²) in [7, 11) is 1.76. The zero-order chi connectivity index (χ0) is 47.9. The lowest BCUT2D eigenvalue weighted by Gasteiger charge is -2.49. The number of nitrogens with one attached hydrogen (secondary N) is 3. The van der Waals surface area contributed by atoms with E-state index in [2.05, 4.69) is 25.9 Å². The molecule has 9 rings (SSSR count). The van der Waals surface area contributed by atoms with Crippen molar-refractivity contribution >= 4 is 63.8 Å². The predicted molar refractivity (Wildman–Crippen MR) is 257 cm³/mol. The number of thioether (sulfide) groups is 1. The topological polar surface area (TPSA) is 160 Å². The number of aromatic nitrogens is 3. The first-order chi connectivity index (χ1) is 33.6. The van der Waals surface area contributed by atoms with Gasteiger partial charge in [0.25, 0.3) is 11.8 Å². The highest BCUT2D eigenvalue weighted by Crippen LogP contribution is 2.43. The van der Waals surface area contributed by atoms with E-state index in [0.29, 0.717) is 33.9 Å². The molecule has 2 aliphatic rings. The number of carbonyl (C=O) groups excluding carboxylic acids is 4. The van der Waals surface area contributed by atoms with Gasteiger partial charge in [-0.25, -0.2) is 9.78 Å². The number of oxime groups is 1. The number of esters is 1. The molecule has 2 atom stereocenters. The molecule has 0 spiro atoms. The van der Waals surface area contributed by atoms with E-state index in [9.17, 15) is 28.0 Å². The van der Waals surface area contributed by atoms with Crippen molar-refractivity contribution in [1.29, 1.82) is 0 Å². The van der Waals surface area contributed by atoms with Crippen molar-refractivity contribution in [1.82, 2.24) is 19.9 Å². The smallest absolute Gasteiger partial charge is 0.407 e. The van der Waals surface area contributed by atoms with Crippen LogP contribution in [0.15, 0.2) is 186 Å². The Labute approximate surface area is 403 Å². The van der Waals surface area contributed by atoms with Gasteiger partial charge in [0, 0.05) is 11.1 Å². The van der Waals surface area contributed by atoms with Crippen molar-refractivity contribution in [2.75, 3.05) is 16.4 Å². The van der Waals surface area contributed by atoms with Crippen LogP contribution in [-0.4, -0.2) is 68.3 Å². The molecule has 5 aromatic carbocycles. The minimum Gasteiger partial charge on any atom is -0.448 e. The van der Waals surface area contributed by atoms with Crippen LogP contribution in [0.5, 0.6) is 0 Å². The first-order valence-corrected chi connectivity index (χ1v) is 23.5. The first kappa shape index (κ1) is 46.2. The van der Waals surface area contributed by atoms with Gasteiger partial charge in [0.05, 0.1) is 6.20 Å². The molecule has 1 saturated heterocycles. The number of rotatable bonds is 18. The van der Waals surface area contributed by atoms with E-state index >= 15 is 0 Å². The fourth-order valence-electron chi connectivity index (χ4n) is 8.48. The van der Waals surface area contributed by atoms with E-state index < -0.39 is 53.2 Å². The van der Waals surface area contributed by atoms with E-state index in [1.807, 2.05) is 152 Å². The number of ether oxygens (including phenoxy) is 1. The van der Waals surface area contributed by atoms with Gasteiger partial charge in [-0.05, 0) is 33.4 Å². The molecule has 2 aliphatic heterocycles. The lowest BCUT2D eigenvalue weighted by atomic mass is 9.77. The maximum absolute atomic E-state index is 14.7. The van der Waals surface area contributed by atoms with E-state index in [-0.39, 0.29) is 23.7 Å². The van der Waals surface area contributed by atoms with Crippen LogP contribution in [0.2, 0.25) is 0 Å². The molecule has 7 aromatic rings. The van der Waals surface area contributed by atoms with Crippen LogP contribution in [0.4, 0.5) is 19.6 Å². The molecular formula is C51H43F2N8O6S2+. The molecule has 0 aliphatic carbocycles. The number of hydrogen-bond donors (Lipinski definition) is 3. The number of halogens is 2. The Morgan fingerprint density at radius 1 is 0.870 bits per heavy atom. The predicted octanol–water partition coefficient (Wildman–Crippen LogP) is 7.37. The lowest BCUT2D eigenvalue weighted by molar-refractivity contribution is -0.752. The Morgan fingerprint density at radius 3 is 1.96 bits per heavy atom. The van der Waals surface area contributed by atoms with Crippen molar-refractivity contribution in [3.05, 3.63) is 214 Å². The Balaban J connectivity index is 1.02. The lowest BCUT2D eigenvalue weighted by Crippen LogP contribution is -2.71. The van der Waals surface area contributed by atoms with Crippen LogP contribution in [0, 0.1) is 0 Å². The van der Waals surface area contributed by atoms with Crippen LogP contribution < -0.4 is 20.6 Å². The number of amides is 3. The third-order valence-corrected chi connectivity index (χ3v) is 13.8. The van der Waals surface area contributed by atoms with Crippen LogP contribution in [0.25, 0.3) is 0 Å². The van der Waals surface area contributed by atoms with Crippen molar-refractivity contribution in [2.45, 2.75) is 36.2 Å². The number of alkyl halides is 2. The molecule has 0 radical (unpaired) electrons. The summed E-state index contributed by atoms with van der Waals surface area (Å²) in [5, 5.41) is 13.5. The summed E-state index contributed by atoms with van der Waals surface area (Å²) < 4.78 is 37.1. The number of nitrogens with zero attached hydrogens (tertiary/aromatic N) is 5. The highest BCUT2D eigenvalue weighted by molar-refractivity contribution is 8.00. The van der Waals surface area contributed by atoms with E-state index in [1.54, 1.807) is 28.8 Å². The third-order valence-electron chi connectivity index (χ3n) is 11.7. The molecule has 1 fully saturated rings. The fourth-order valence-corrected chi connectivity index (χ4v) is 10.6. The third kappa shape index (κ3) is 9.61. The number of anilines is 2. The van der Waals surface area contributed by atoms with E-state index in [0.717, 1.165) is 28.0 Å². The molecule has 0 saturated carbocycles. The number of thiazole rings is 1. The van der Waals surface area contributed by atoms with Gasteiger partial charge in [0.15, 0.2) is 24.0 Å². The average Bonchev–Trinajstić information content (AvgIpc) is 3.99. The van der Waals surface area contributed by atoms with Gasteiger partial charge < -0.3 is 25.5 Å². The molecule has 348 valence electrons. The molecule has 14 nitrogen and oxygen atoms in total. The van der Waals surface area contributed by atoms with Crippen molar-refractivity contribution in [3.63, 3.8) is 0 Å². The van der Waals surface area contributed by atoms with Gasteiger partial charge in [0.2, 0.25) is 12.6 Å². The summed E-state index contributed by atoms with van der Waals surface area (Å²) in [6.45, 7) is -3.24. The Morgan fingerprint density at radius 2 is 1.42 bits per heavy atom. The molecule has 4 heterocycles. The number of benzene rings is 5. The zero-order valence-corrected chi connectivity index (χ0v) is 38.4. The van der Waals surface area contributed by atoms with Crippen LogP contribution in [-0.2, 0) is 47.9 Å². The van der Waals surface area contributed by atoms with E-state index in [1.165, 1.54) is 22.0 Å². The summed E-state index contributed by atoms with van der Waals surface area (Å²) >= 11 is 2.42. The quantitative estimate of drug-likeness (QED) is 0.0152. The number of hydrogen-bond acceptors (Lipinski definition) is 11. The van der Waals surface area contributed by atoms with Crippen molar-refractivity contribution in [3.8, 4) is 0 Å². The highest BCUT2D eigenvalue weighted by atomic mass is 32.2. The molecule has 0 bridgehead atoms. The zero-order valence-electron chi connectivity index (χ0n) is 36.7. The maximum Gasteiger partial charge on any atom is 0.407 e. The van der Waals surface area contributed by atoms with Crippen molar-refractivity contribution in [2.24, 2.45) is 12.2 Å². The molecular weight excluding hydrogens is 923 g/mol. The standard InChI is InChI=1S/C51H42F2N8O6S2/c1-59-28-39(54-32-62)29-60(59)27-35-30-68-47-42(46(64)61(47)43(35)48(65)66-44(33-17-7-2-8-18-33)34-19-9-3-10-20-34)56-45(63)41(58-67-49(52)53)40-31-69-50(55-40)57-51(36-21-11-4-12-22-36,37-23-13-5-14-24-37)38-25-15-6-16-26-38/h2-26,28-29,31-32,42,44,47,49H,27,30H2,1H3,(H2-,54,55,56,57,62,63)/p+1/t42-,47-/m1/s1. The highest BCUT2D eigenvalue weighted by Gasteiger charge is 2.55. The molecule has 18 heteroatoms. The fraction of sp³-hybridized carbons (Fsp3) is 0.157. The first-order valence-electron chi connectivity index (χ1n) is 21.6. The SMILES string of the molecule is C[n+]1cc(NC=O)cn1CC1=C(C(=O)OC(c2ccccc2)c2ccccc2)N2C(=O)[C@@H](NC(=O)C(=NOC(F)F)c3csc(NC(c4ccccc4)(c4ccccc4)c4ccccc4)n3)[C@H]2SC1. The largest absolute Gasteiger partial charge is 0.448 e. The van der Waals surface area contributed by atoms with Gasteiger partial charge >= 0.3 is 12.6 Å². The normalized spacial score (nSPS) is 15.9. The second-order valence-corrected chi connectivity index (χ2v) is 17.8. The Bertz CT molecular complexity index is 2880. The van der Waals surface area contributed by atoms with Gasteiger partial charge in [-0.1, -0.05) is 157 Å². The van der Waals surface area contributed by atoms with Crippen LogP contribution in [0.3, 0.4) is 0 Å². The maximum atomic E-state index is 14.7. The molecule has 3 amide bonds. The minimum atomic E-state index is -3.37. The number of carbonyl (C=O) groups is 4. The molecule has 2 aromatic heterocycles. The molecule has 0 unspecified atom stereocenters. The monoisotopic (exact) mass is 965 g/mol. The number of fused-ring (bicyclic) bond motifs is 1. The number of aryl methyl sites for hydroxylation is 1. The second-order valence-electron chi connectivity index (χ2n) is 15.9. The number of β-lactam (4-membered cyclic amide) rings is 1. The summed E-state index contributed by atoms with van der Waals surface area (Å²) in [6, 6.07) is 46.4. The Hall–Kier alpha value is -7.96. The van der Waals surface area contributed by atoms with Crippen LogP contribution >= 0.6 is 23.1 Å². The molecule has 69 heavy (non-hydrogen) atoms.